The Kier molecular flexibility index (Phi) is 9.38. The minimum absolute atomic E-state index is 0.0969. The van der Waals surface area contributed by atoms with Crippen LogP contribution >= 0.6 is 0 Å². The number of nitrogens with zero attached hydrogens (tertiary/aromatic N) is 1. The molecule has 5 fully saturated rings. The maximum Gasteiger partial charge on any atom is 0.482 e. The quantitative estimate of drug-likeness (QED) is 0.291. The summed E-state index contributed by atoms with van der Waals surface area (Å²) in [6, 6.07) is 9.97. The van der Waals surface area contributed by atoms with Crippen molar-refractivity contribution in [3.8, 4) is 0 Å². The Morgan fingerprint density at radius 3 is 2.70 bits per heavy atom. The van der Waals surface area contributed by atoms with E-state index in [9.17, 15) is 14.6 Å². The number of ether oxygens (including phenoxy) is 1. The van der Waals surface area contributed by atoms with E-state index in [4.69, 9.17) is 18.7 Å². The summed E-state index contributed by atoms with van der Waals surface area (Å²) in [5.74, 6) is 0.336. The van der Waals surface area contributed by atoms with Gasteiger partial charge in [-0.1, -0.05) is 57.7 Å². The standard InChI is InChI=1S/C32H48B2N2O7/c1-7-28(37)36-15-11-14-30(4,20-36)41-29(38)35-27(16-23-12-9-8-10-13-23)34-42-26-18-24-17-25(32(26,6)43-34)31(24,5)21-40-33(39)19-22(2)3/h7-10,12-13,22,24-27,39H,1,11,14-21H2,2-6H3,(H,35,38)/t24-,25-,26+,27-,30?,31?,32-/m0/s1. The summed E-state index contributed by atoms with van der Waals surface area (Å²) in [5, 5.41) is 13.5. The van der Waals surface area contributed by atoms with Crippen molar-refractivity contribution in [2.24, 2.45) is 23.2 Å². The van der Waals surface area contributed by atoms with Gasteiger partial charge in [0, 0.05) is 13.2 Å². The molecule has 3 saturated carbocycles. The first kappa shape index (κ1) is 32.1. The lowest BCUT2D eigenvalue weighted by atomic mass is 9.43. The molecule has 2 N–H and O–H groups in total. The van der Waals surface area contributed by atoms with Crippen LogP contribution in [0.25, 0.3) is 0 Å². The number of carbonyl (C=O) groups is 2. The van der Waals surface area contributed by atoms with Crippen molar-refractivity contribution in [2.45, 2.75) is 96.3 Å². The highest BCUT2D eigenvalue weighted by molar-refractivity contribution is 6.48. The first-order chi connectivity index (χ1) is 20.3. The van der Waals surface area contributed by atoms with E-state index in [1.54, 1.807) is 4.90 Å². The molecule has 2 bridgehead atoms. The second-order valence-electron chi connectivity index (χ2n) is 14.3. The van der Waals surface area contributed by atoms with E-state index in [2.05, 4.69) is 39.6 Å². The number of nitrogens with one attached hydrogen (secondary N) is 1. The molecule has 0 radical (unpaired) electrons. The summed E-state index contributed by atoms with van der Waals surface area (Å²) in [6.07, 6.45) is 5.05. The van der Waals surface area contributed by atoms with E-state index < -0.39 is 37.5 Å². The van der Waals surface area contributed by atoms with Crippen LogP contribution in [0.5, 0.6) is 0 Å². The monoisotopic (exact) mass is 594 g/mol. The van der Waals surface area contributed by atoms with Crippen LogP contribution in [-0.2, 0) is 29.9 Å². The van der Waals surface area contributed by atoms with Gasteiger partial charge in [-0.3, -0.25) is 4.79 Å². The maximum absolute atomic E-state index is 13.4. The molecule has 1 aromatic carbocycles. The molecule has 0 aromatic heterocycles. The van der Waals surface area contributed by atoms with Crippen molar-refractivity contribution in [1.29, 1.82) is 0 Å². The number of piperidine rings is 1. The molecule has 6 rings (SSSR count). The van der Waals surface area contributed by atoms with Gasteiger partial charge in [-0.15, -0.1) is 0 Å². The van der Waals surface area contributed by atoms with Crippen molar-refractivity contribution in [3.05, 3.63) is 48.6 Å². The molecule has 7 atom stereocenters. The van der Waals surface area contributed by atoms with Gasteiger partial charge in [0.1, 0.15) is 5.60 Å². The summed E-state index contributed by atoms with van der Waals surface area (Å²) in [5.41, 5.74) is -0.415. The Morgan fingerprint density at radius 1 is 1.26 bits per heavy atom. The Balaban J connectivity index is 1.28. The van der Waals surface area contributed by atoms with Gasteiger partial charge in [0.25, 0.3) is 0 Å². The third-order valence-corrected chi connectivity index (χ3v) is 10.4. The Morgan fingerprint density at radius 2 is 2.00 bits per heavy atom. The van der Waals surface area contributed by atoms with E-state index in [0.29, 0.717) is 50.7 Å². The van der Waals surface area contributed by atoms with Gasteiger partial charge in [0.2, 0.25) is 5.91 Å². The van der Waals surface area contributed by atoms with Gasteiger partial charge >= 0.3 is 20.3 Å². The normalized spacial score (nSPS) is 33.8. The number of hydrogen-bond donors (Lipinski definition) is 2. The number of alkyl carbamates (subject to hydrolysis) is 1. The average Bonchev–Trinajstić information content (AvgIpc) is 3.32. The fourth-order valence-corrected chi connectivity index (χ4v) is 7.94. The molecule has 0 spiro atoms. The molecule has 2 unspecified atom stereocenters. The van der Waals surface area contributed by atoms with Gasteiger partial charge in [0.15, 0.2) is 0 Å². The second-order valence-corrected chi connectivity index (χ2v) is 14.3. The lowest BCUT2D eigenvalue weighted by Crippen LogP contribution is -2.68. The predicted octanol–water partition coefficient (Wildman–Crippen LogP) is 4.29. The number of likely N-dealkylation sites (tertiary alicyclic amines) is 1. The molecule has 43 heavy (non-hydrogen) atoms. The maximum atomic E-state index is 13.4. The van der Waals surface area contributed by atoms with Crippen molar-refractivity contribution in [2.75, 3.05) is 19.7 Å². The third-order valence-electron chi connectivity index (χ3n) is 10.4. The van der Waals surface area contributed by atoms with Crippen LogP contribution in [0.3, 0.4) is 0 Å². The molecule has 3 aliphatic carbocycles. The molecular formula is C32H48B2N2O7. The van der Waals surface area contributed by atoms with E-state index in [-0.39, 0.29) is 23.3 Å². The highest BCUT2D eigenvalue weighted by Gasteiger charge is 2.70. The van der Waals surface area contributed by atoms with Crippen molar-refractivity contribution >= 4 is 26.2 Å². The summed E-state index contributed by atoms with van der Waals surface area (Å²) in [4.78, 5) is 27.3. The van der Waals surface area contributed by atoms with Crippen LogP contribution in [0.4, 0.5) is 4.79 Å². The lowest BCUT2D eigenvalue weighted by Gasteiger charge is -2.65. The van der Waals surface area contributed by atoms with E-state index in [0.717, 1.165) is 24.8 Å². The van der Waals surface area contributed by atoms with Gasteiger partial charge in [-0.2, -0.15) is 0 Å². The van der Waals surface area contributed by atoms with Crippen LogP contribution < -0.4 is 5.32 Å². The molecule has 2 amide bonds. The largest absolute Gasteiger partial charge is 0.482 e. The minimum atomic E-state index is -0.807. The predicted molar refractivity (Wildman–Crippen MR) is 166 cm³/mol. The first-order valence-electron chi connectivity index (χ1n) is 15.9. The van der Waals surface area contributed by atoms with Crippen LogP contribution in [0.1, 0.15) is 65.9 Å². The van der Waals surface area contributed by atoms with E-state index in [1.165, 1.54) is 6.08 Å². The molecule has 234 valence electrons. The summed E-state index contributed by atoms with van der Waals surface area (Å²) >= 11 is 0. The summed E-state index contributed by atoms with van der Waals surface area (Å²) in [7, 11) is -1.43. The fraction of sp³-hybridized carbons (Fsp3) is 0.688. The molecule has 5 aliphatic rings. The van der Waals surface area contributed by atoms with Gasteiger partial charge < -0.3 is 33.9 Å². The molecule has 9 nitrogen and oxygen atoms in total. The van der Waals surface area contributed by atoms with E-state index >= 15 is 0 Å². The number of benzene rings is 1. The third kappa shape index (κ3) is 6.70. The lowest BCUT2D eigenvalue weighted by molar-refractivity contribution is -0.219. The summed E-state index contributed by atoms with van der Waals surface area (Å²) < 4.78 is 25.4. The first-order valence-corrected chi connectivity index (χ1v) is 15.9. The average molecular weight is 594 g/mol. The van der Waals surface area contributed by atoms with Crippen molar-refractivity contribution in [3.63, 3.8) is 0 Å². The molecule has 2 aliphatic heterocycles. The molecular weight excluding hydrogens is 546 g/mol. The fourth-order valence-electron chi connectivity index (χ4n) is 7.94. The van der Waals surface area contributed by atoms with Crippen LogP contribution in [-0.4, -0.2) is 79.1 Å². The minimum Gasteiger partial charge on any atom is -0.441 e. The van der Waals surface area contributed by atoms with Crippen LogP contribution in [0.2, 0.25) is 6.32 Å². The van der Waals surface area contributed by atoms with Crippen molar-refractivity contribution in [1.82, 2.24) is 10.2 Å². The molecule has 2 saturated heterocycles. The van der Waals surface area contributed by atoms with Gasteiger partial charge in [0.05, 0.1) is 24.2 Å². The second kappa shape index (κ2) is 12.6. The number of rotatable bonds is 11. The highest BCUT2D eigenvalue weighted by Crippen LogP contribution is 2.66. The molecule has 11 heteroatoms. The topological polar surface area (TPSA) is 107 Å². The number of hydrogen-bond acceptors (Lipinski definition) is 7. The van der Waals surface area contributed by atoms with Gasteiger partial charge in [-0.05, 0) is 87.1 Å². The molecule has 2 heterocycles. The van der Waals surface area contributed by atoms with Gasteiger partial charge in [-0.25, -0.2) is 4.79 Å². The zero-order chi connectivity index (χ0) is 31.0. The zero-order valence-corrected chi connectivity index (χ0v) is 26.4. The number of amides is 2. The Bertz CT molecular complexity index is 1170. The van der Waals surface area contributed by atoms with Crippen LogP contribution in [0, 0.1) is 23.2 Å². The Hall–Kier alpha value is -2.33. The highest BCUT2D eigenvalue weighted by atomic mass is 16.7. The summed E-state index contributed by atoms with van der Waals surface area (Å²) in [6.45, 7) is 15.4. The smallest absolute Gasteiger partial charge is 0.441 e. The zero-order valence-electron chi connectivity index (χ0n) is 26.4. The Labute approximate surface area is 257 Å². The number of carbonyl (C=O) groups excluding carboxylic acids is 2. The van der Waals surface area contributed by atoms with E-state index in [1.807, 2.05) is 37.3 Å². The van der Waals surface area contributed by atoms with Crippen molar-refractivity contribution < 1.29 is 33.3 Å². The SMILES string of the molecule is C=CC(=O)N1CCCC(C)(OC(=O)N[C@@H](Cc2ccccc2)B2O[C@@H]3C[C@@H]4C[C@@H](C4(C)COB(O)CC(C)C)[C@]3(C)O2)C1. The molecule has 1 aromatic rings. The van der Waals surface area contributed by atoms with Crippen LogP contribution in [0.15, 0.2) is 43.0 Å².